The fraction of sp³-hybridized carbons (Fsp3) is 0.800. The number of nitrogens with one attached hydrogen (secondary N) is 2. The minimum Gasteiger partial charge on any atom is -0.481 e. The maximum absolute atomic E-state index is 11.9. The van der Waals surface area contributed by atoms with E-state index in [0.717, 1.165) is 0 Å². The molecule has 28 heavy (non-hydrogen) atoms. The number of hydrogen-bond donors (Lipinski definition) is 4. The Morgan fingerprint density at radius 3 is 1.25 bits per heavy atom. The topological polar surface area (TPSA) is 133 Å². The van der Waals surface area contributed by atoms with Crippen LogP contribution in [-0.2, 0) is 19.2 Å². The van der Waals surface area contributed by atoms with E-state index in [4.69, 9.17) is 10.2 Å². The Morgan fingerprint density at radius 2 is 1.00 bits per heavy atom. The van der Waals surface area contributed by atoms with Crippen molar-refractivity contribution in [2.24, 2.45) is 23.7 Å². The zero-order valence-corrected chi connectivity index (χ0v) is 17.5. The zero-order valence-electron chi connectivity index (χ0n) is 17.5. The molecule has 8 nitrogen and oxygen atoms in total. The van der Waals surface area contributed by atoms with E-state index in [0.29, 0.717) is 24.7 Å². The van der Waals surface area contributed by atoms with E-state index >= 15 is 0 Å². The summed E-state index contributed by atoms with van der Waals surface area (Å²) in [6, 6.07) is 0. The van der Waals surface area contributed by atoms with Crippen LogP contribution in [0.3, 0.4) is 0 Å². The van der Waals surface area contributed by atoms with Crippen molar-refractivity contribution in [3.8, 4) is 0 Å². The smallest absolute Gasteiger partial charge is 0.303 e. The summed E-state index contributed by atoms with van der Waals surface area (Å²) >= 11 is 0. The summed E-state index contributed by atoms with van der Waals surface area (Å²) in [4.78, 5) is 45.7. The first-order valence-electron chi connectivity index (χ1n) is 9.96. The van der Waals surface area contributed by atoms with Gasteiger partial charge in [-0.15, -0.1) is 0 Å². The van der Waals surface area contributed by atoms with E-state index in [1.807, 2.05) is 27.7 Å². The predicted octanol–water partition coefficient (Wildman–Crippen LogP) is 2.27. The van der Waals surface area contributed by atoms with Crippen molar-refractivity contribution in [3.63, 3.8) is 0 Å². The second-order valence-corrected chi connectivity index (χ2v) is 8.30. The van der Waals surface area contributed by atoms with Gasteiger partial charge >= 0.3 is 11.9 Å². The van der Waals surface area contributed by atoms with Gasteiger partial charge in [-0.2, -0.15) is 0 Å². The van der Waals surface area contributed by atoms with E-state index < -0.39 is 11.9 Å². The van der Waals surface area contributed by atoms with Gasteiger partial charge in [0.1, 0.15) is 0 Å². The van der Waals surface area contributed by atoms with E-state index in [2.05, 4.69) is 10.6 Å². The highest BCUT2D eigenvalue weighted by molar-refractivity contribution is 5.83. The lowest BCUT2D eigenvalue weighted by Gasteiger charge is -2.18. The molecule has 0 aromatic carbocycles. The van der Waals surface area contributed by atoms with Gasteiger partial charge in [-0.25, -0.2) is 0 Å². The Kier molecular flexibility index (Phi) is 12.9. The number of aliphatic carboxylic acids is 2. The monoisotopic (exact) mass is 400 g/mol. The largest absolute Gasteiger partial charge is 0.481 e. The first-order chi connectivity index (χ1) is 13.0. The van der Waals surface area contributed by atoms with Crippen LogP contribution in [0.5, 0.6) is 0 Å². The first-order valence-corrected chi connectivity index (χ1v) is 9.96. The minimum absolute atomic E-state index is 0.000235. The van der Waals surface area contributed by atoms with Crippen LogP contribution in [0.25, 0.3) is 0 Å². The molecule has 0 bridgehead atoms. The van der Waals surface area contributed by atoms with Crippen molar-refractivity contribution in [2.45, 2.75) is 66.2 Å². The van der Waals surface area contributed by atoms with E-state index in [9.17, 15) is 19.2 Å². The van der Waals surface area contributed by atoms with Crippen molar-refractivity contribution in [1.82, 2.24) is 10.6 Å². The predicted molar refractivity (Wildman–Crippen MR) is 106 cm³/mol. The van der Waals surface area contributed by atoms with Crippen molar-refractivity contribution in [1.29, 1.82) is 0 Å². The summed E-state index contributed by atoms with van der Waals surface area (Å²) in [5.74, 6) is -1.98. The lowest BCUT2D eigenvalue weighted by atomic mass is 9.94. The Labute approximate surface area is 167 Å². The van der Waals surface area contributed by atoms with Gasteiger partial charge in [0.25, 0.3) is 0 Å². The molecule has 0 aliphatic carbocycles. The number of amides is 2. The van der Waals surface area contributed by atoms with Crippen molar-refractivity contribution < 1.29 is 29.4 Å². The molecule has 0 spiro atoms. The second kappa shape index (κ2) is 14.0. The fourth-order valence-electron chi connectivity index (χ4n) is 3.23. The third-order valence-corrected chi connectivity index (χ3v) is 4.29. The molecule has 0 unspecified atom stereocenters. The van der Waals surface area contributed by atoms with Gasteiger partial charge in [0.15, 0.2) is 0 Å². The summed E-state index contributed by atoms with van der Waals surface area (Å²) < 4.78 is 0. The van der Waals surface area contributed by atoms with Crippen molar-refractivity contribution in [3.05, 3.63) is 0 Å². The van der Waals surface area contributed by atoms with Gasteiger partial charge < -0.3 is 20.8 Å². The molecule has 0 aromatic heterocycles. The number of hydrogen-bond acceptors (Lipinski definition) is 4. The van der Waals surface area contributed by atoms with Gasteiger partial charge in [-0.05, 0) is 36.5 Å². The molecule has 0 rings (SSSR count). The molecule has 0 radical (unpaired) electrons. The number of carboxylic acid groups (broad SMARTS) is 2. The van der Waals surface area contributed by atoms with Crippen LogP contribution < -0.4 is 10.6 Å². The van der Waals surface area contributed by atoms with E-state index in [-0.39, 0.29) is 62.4 Å². The van der Waals surface area contributed by atoms with Gasteiger partial charge in [-0.3, -0.25) is 19.2 Å². The van der Waals surface area contributed by atoms with Gasteiger partial charge in [-0.1, -0.05) is 27.7 Å². The normalized spacial score (nSPS) is 13.2. The van der Waals surface area contributed by atoms with Crippen LogP contribution >= 0.6 is 0 Å². The zero-order chi connectivity index (χ0) is 21.7. The summed E-state index contributed by atoms with van der Waals surface area (Å²) in [6.45, 7) is 8.55. The van der Waals surface area contributed by atoms with Gasteiger partial charge in [0, 0.05) is 38.8 Å². The lowest BCUT2D eigenvalue weighted by molar-refractivity contribution is -0.139. The molecule has 0 aliphatic heterocycles. The van der Waals surface area contributed by atoms with E-state index in [1.54, 1.807) is 0 Å². The molecule has 0 fully saturated rings. The molecule has 0 heterocycles. The SMILES string of the molecule is CC(C)C[C@H](CNC(=O)CCC(=O)NC[C@H](CC(=O)O)CC(C)C)CC(=O)O. The highest BCUT2D eigenvalue weighted by atomic mass is 16.4. The summed E-state index contributed by atoms with van der Waals surface area (Å²) in [5.41, 5.74) is 0. The highest BCUT2D eigenvalue weighted by Gasteiger charge is 2.18. The van der Waals surface area contributed by atoms with Gasteiger partial charge in [0.05, 0.1) is 0 Å². The van der Waals surface area contributed by atoms with Crippen LogP contribution in [0.1, 0.15) is 66.2 Å². The molecule has 4 N–H and O–H groups in total. The van der Waals surface area contributed by atoms with Crippen molar-refractivity contribution >= 4 is 23.8 Å². The van der Waals surface area contributed by atoms with Crippen LogP contribution in [-0.4, -0.2) is 47.1 Å². The van der Waals surface area contributed by atoms with Crippen LogP contribution in [0.15, 0.2) is 0 Å². The molecule has 0 saturated heterocycles. The lowest BCUT2D eigenvalue weighted by Crippen LogP contribution is -2.34. The molecule has 8 heteroatoms. The first kappa shape index (κ1) is 25.9. The van der Waals surface area contributed by atoms with Crippen molar-refractivity contribution in [2.75, 3.05) is 13.1 Å². The third kappa shape index (κ3) is 15.0. The molecular weight excluding hydrogens is 364 g/mol. The average molecular weight is 401 g/mol. The Bertz CT molecular complexity index is 473. The fourth-order valence-corrected chi connectivity index (χ4v) is 3.23. The Morgan fingerprint density at radius 1 is 0.679 bits per heavy atom. The quantitative estimate of drug-likeness (QED) is 0.333. The molecule has 2 atom stereocenters. The molecule has 2 amide bonds. The third-order valence-electron chi connectivity index (χ3n) is 4.29. The highest BCUT2D eigenvalue weighted by Crippen LogP contribution is 2.15. The standard InChI is InChI=1S/C20H36N2O6/c1-13(2)7-15(9-19(25)26)11-21-17(23)5-6-18(24)22-12-16(8-14(3)4)10-20(27)28/h13-16H,5-12H2,1-4H3,(H,21,23)(H,22,24)(H,25,26)(H,27,28)/t15-,16-/m0/s1. The van der Waals surface area contributed by atoms with Crippen LogP contribution in [0.4, 0.5) is 0 Å². The maximum Gasteiger partial charge on any atom is 0.303 e. The molecule has 0 saturated carbocycles. The number of rotatable bonds is 15. The molecule has 0 aliphatic rings. The second-order valence-electron chi connectivity index (χ2n) is 8.30. The average Bonchev–Trinajstić information content (AvgIpc) is 2.53. The minimum atomic E-state index is -0.892. The molecular formula is C20H36N2O6. The van der Waals surface area contributed by atoms with Crippen LogP contribution in [0, 0.1) is 23.7 Å². The summed E-state index contributed by atoms with van der Waals surface area (Å²) in [6.07, 6.45) is 1.43. The van der Waals surface area contributed by atoms with Gasteiger partial charge in [0.2, 0.25) is 11.8 Å². The molecule has 0 aromatic rings. The number of carboxylic acids is 2. The number of carbonyl (C=O) groups is 4. The summed E-state index contributed by atoms with van der Waals surface area (Å²) in [5, 5.41) is 23.3. The Hall–Kier alpha value is -2.12. The van der Waals surface area contributed by atoms with E-state index in [1.165, 1.54) is 0 Å². The number of carbonyl (C=O) groups excluding carboxylic acids is 2. The summed E-state index contributed by atoms with van der Waals surface area (Å²) in [7, 11) is 0. The maximum atomic E-state index is 11.9. The molecule has 162 valence electrons. The van der Waals surface area contributed by atoms with Crippen LogP contribution in [0.2, 0.25) is 0 Å². The Balaban J connectivity index is 4.25.